The van der Waals surface area contributed by atoms with Gasteiger partial charge in [-0.3, -0.25) is 0 Å². The Morgan fingerprint density at radius 3 is 2.00 bits per heavy atom. The zero-order valence-corrected chi connectivity index (χ0v) is 14.6. The molecule has 0 spiro atoms. The van der Waals surface area contributed by atoms with Crippen LogP contribution in [0.2, 0.25) is 0 Å². The van der Waals surface area contributed by atoms with Crippen molar-refractivity contribution in [3.05, 3.63) is 48.0 Å². The Kier molecular flexibility index (Phi) is 10.3. The minimum Gasteiger partial charge on any atom is -0.462 e. The lowest BCUT2D eigenvalue weighted by atomic mass is 10.1. The molecule has 0 bridgehead atoms. The lowest BCUT2D eigenvalue weighted by molar-refractivity contribution is 0.0452. The average Bonchev–Trinajstić information content (AvgIpc) is 2.61. The van der Waals surface area contributed by atoms with Gasteiger partial charge in [0.05, 0.1) is 24.3 Å². The van der Waals surface area contributed by atoms with Crippen LogP contribution in [0.25, 0.3) is 0 Å². The van der Waals surface area contributed by atoms with Crippen LogP contribution in [-0.2, 0) is 9.47 Å². The van der Waals surface area contributed by atoms with Crippen LogP contribution >= 0.6 is 0 Å². The Hall–Kier alpha value is -2.10. The van der Waals surface area contributed by atoms with E-state index in [1.807, 2.05) is 0 Å². The number of rotatable bonds is 12. The summed E-state index contributed by atoms with van der Waals surface area (Å²) in [6.45, 7) is 6.47. The average molecular weight is 332 g/mol. The predicted octanol–water partition coefficient (Wildman–Crippen LogP) is 4.94. The molecule has 24 heavy (non-hydrogen) atoms. The first-order valence-corrected chi connectivity index (χ1v) is 8.74. The second-order valence-electron chi connectivity index (χ2n) is 5.66. The summed E-state index contributed by atoms with van der Waals surface area (Å²) >= 11 is 0. The highest BCUT2D eigenvalue weighted by molar-refractivity contribution is 6.03. The highest BCUT2D eigenvalue weighted by atomic mass is 16.5. The molecule has 0 fully saturated rings. The summed E-state index contributed by atoms with van der Waals surface area (Å²) in [4.78, 5) is 24.3. The maximum absolute atomic E-state index is 12.2. The van der Waals surface area contributed by atoms with Gasteiger partial charge in [-0.1, -0.05) is 50.8 Å². The van der Waals surface area contributed by atoms with E-state index in [0.29, 0.717) is 13.2 Å². The zero-order chi connectivity index (χ0) is 17.6. The molecule has 0 heterocycles. The van der Waals surface area contributed by atoms with Gasteiger partial charge in [-0.25, -0.2) is 9.59 Å². The minimum atomic E-state index is -0.491. The Labute approximate surface area is 144 Å². The molecular formula is C20H28O4. The van der Waals surface area contributed by atoms with Crippen molar-refractivity contribution < 1.29 is 19.1 Å². The van der Waals surface area contributed by atoms with Gasteiger partial charge >= 0.3 is 11.9 Å². The van der Waals surface area contributed by atoms with Gasteiger partial charge in [0.15, 0.2) is 0 Å². The molecule has 0 aliphatic carbocycles. The number of allylic oxidation sites excluding steroid dienone is 1. The van der Waals surface area contributed by atoms with Crippen LogP contribution in [0.5, 0.6) is 0 Å². The van der Waals surface area contributed by atoms with Gasteiger partial charge in [0, 0.05) is 0 Å². The van der Waals surface area contributed by atoms with Crippen molar-refractivity contribution in [2.75, 3.05) is 13.2 Å². The van der Waals surface area contributed by atoms with E-state index in [1.165, 1.54) is 12.8 Å². The number of ether oxygens (including phenoxy) is 2. The lowest BCUT2D eigenvalue weighted by Gasteiger charge is -2.09. The van der Waals surface area contributed by atoms with Crippen LogP contribution in [0, 0.1) is 0 Å². The second-order valence-corrected chi connectivity index (χ2v) is 5.66. The molecule has 1 aromatic rings. The van der Waals surface area contributed by atoms with Gasteiger partial charge in [-0.2, -0.15) is 0 Å². The number of benzene rings is 1. The molecule has 4 heteroatoms. The highest BCUT2D eigenvalue weighted by Crippen LogP contribution is 2.13. The Morgan fingerprint density at radius 2 is 1.46 bits per heavy atom. The van der Waals surface area contributed by atoms with Gasteiger partial charge in [-0.15, -0.1) is 6.58 Å². The van der Waals surface area contributed by atoms with E-state index in [0.717, 1.165) is 32.1 Å². The molecule has 0 saturated carbocycles. The van der Waals surface area contributed by atoms with Gasteiger partial charge < -0.3 is 9.47 Å². The third-order valence-electron chi connectivity index (χ3n) is 3.63. The Morgan fingerprint density at radius 1 is 0.917 bits per heavy atom. The number of esters is 2. The van der Waals surface area contributed by atoms with E-state index in [2.05, 4.69) is 13.5 Å². The van der Waals surface area contributed by atoms with Crippen LogP contribution in [0.15, 0.2) is 36.9 Å². The van der Waals surface area contributed by atoms with E-state index < -0.39 is 11.9 Å². The number of carbonyl (C=O) groups is 2. The maximum Gasteiger partial charge on any atom is 0.339 e. The van der Waals surface area contributed by atoms with Gasteiger partial charge in [0.25, 0.3) is 0 Å². The molecular weight excluding hydrogens is 304 g/mol. The molecule has 0 radical (unpaired) electrons. The quantitative estimate of drug-likeness (QED) is 0.309. The predicted molar refractivity (Wildman–Crippen MR) is 95.2 cm³/mol. The fourth-order valence-corrected chi connectivity index (χ4v) is 2.26. The zero-order valence-electron chi connectivity index (χ0n) is 14.6. The number of unbranched alkanes of at least 4 members (excludes halogenated alkanes) is 5. The van der Waals surface area contributed by atoms with E-state index in [4.69, 9.17) is 9.47 Å². The lowest BCUT2D eigenvalue weighted by Crippen LogP contribution is -2.15. The standard InChI is InChI=1S/C20H28O4/c1-3-5-7-8-12-16-24-20(22)18-14-10-9-13-17(18)19(21)23-15-11-6-4-2/h4,9-10,13-14H,2-3,5-8,11-12,15-16H2,1H3. The summed E-state index contributed by atoms with van der Waals surface area (Å²) < 4.78 is 10.5. The molecule has 0 amide bonds. The largest absolute Gasteiger partial charge is 0.462 e. The smallest absolute Gasteiger partial charge is 0.339 e. The van der Waals surface area contributed by atoms with Gasteiger partial charge in [0.1, 0.15) is 0 Å². The molecule has 132 valence electrons. The van der Waals surface area contributed by atoms with Crippen LogP contribution < -0.4 is 0 Å². The molecule has 1 rings (SSSR count). The monoisotopic (exact) mass is 332 g/mol. The molecule has 0 saturated heterocycles. The normalized spacial score (nSPS) is 10.2. The first kappa shape index (κ1) is 19.9. The molecule has 0 N–H and O–H groups in total. The summed E-state index contributed by atoms with van der Waals surface area (Å²) in [5.41, 5.74) is 0.520. The van der Waals surface area contributed by atoms with Crippen molar-refractivity contribution in [2.45, 2.75) is 51.9 Å². The van der Waals surface area contributed by atoms with E-state index in [-0.39, 0.29) is 11.1 Å². The summed E-state index contributed by atoms with van der Waals surface area (Å²) in [6.07, 6.45) is 8.72. The first-order chi connectivity index (χ1) is 11.7. The summed E-state index contributed by atoms with van der Waals surface area (Å²) in [6, 6.07) is 6.61. The Balaban J connectivity index is 2.50. The van der Waals surface area contributed by atoms with Crippen molar-refractivity contribution in [2.24, 2.45) is 0 Å². The maximum atomic E-state index is 12.2. The fourth-order valence-electron chi connectivity index (χ4n) is 2.26. The third kappa shape index (κ3) is 7.44. The molecule has 0 aromatic heterocycles. The summed E-state index contributed by atoms with van der Waals surface area (Å²) in [7, 11) is 0. The minimum absolute atomic E-state index is 0.257. The van der Waals surface area contributed by atoms with Gasteiger partial charge in [0.2, 0.25) is 0 Å². The van der Waals surface area contributed by atoms with Crippen molar-refractivity contribution in [1.82, 2.24) is 0 Å². The van der Waals surface area contributed by atoms with Crippen molar-refractivity contribution in [3.8, 4) is 0 Å². The first-order valence-electron chi connectivity index (χ1n) is 8.74. The molecule has 0 aliphatic rings. The van der Waals surface area contributed by atoms with Crippen molar-refractivity contribution >= 4 is 11.9 Å². The van der Waals surface area contributed by atoms with Gasteiger partial charge in [-0.05, 0) is 31.4 Å². The van der Waals surface area contributed by atoms with Crippen molar-refractivity contribution in [3.63, 3.8) is 0 Å². The number of hydrogen-bond acceptors (Lipinski definition) is 4. The van der Waals surface area contributed by atoms with E-state index in [9.17, 15) is 9.59 Å². The number of hydrogen-bond donors (Lipinski definition) is 0. The SMILES string of the molecule is C=CCCCOC(=O)c1ccccc1C(=O)OCCCCCCC. The molecule has 0 unspecified atom stereocenters. The molecule has 0 atom stereocenters. The van der Waals surface area contributed by atoms with E-state index >= 15 is 0 Å². The highest BCUT2D eigenvalue weighted by Gasteiger charge is 2.18. The molecule has 1 aromatic carbocycles. The van der Waals surface area contributed by atoms with Crippen LogP contribution in [0.1, 0.15) is 72.6 Å². The topological polar surface area (TPSA) is 52.6 Å². The molecule has 4 nitrogen and oxygen atoms in total. The second kappa shape index (κ2) is 12.3. The third-order valence-corrected chi connectivity index (χ3v) is 3.63. The van der Waals surface area contributed by atoms with Crippen molar-refractivity contribution in [1.29, 1.82) is 0 Å². The molecule has 0 aliphatic heterocycles. The fraction of sp³-hybridized carbons (Fsp3) is 0.500. The summed E-state index contributed by atoms with van der Waals surface area (Å²) in [5.74, 6) is -0.960. The van der Waals surface area contributed by atoms with Crippen LogP contribution in [0.3, 0.4) is 0 Å². The van der Waals surface area contributed by atoms with E-state index in [1.54, 1.807) is 30.3 Å². The summed E-state index contributed by atoms with van der Waals surface area (Å²) in [5, 5.41) is 0. The van der Waals surface area contributed by atoms with Crippen LogP contribution in [0.4, 0.5) is 0 Å². The Bertz CT molecular complexity index is 522. The van der Waals surface area contributed by atoms with Crippen LogP contribution in [-0.4, -0.2) is 25.2 Å². The number of carbonyl (C=O) groups excluding carboxylic acids is 2.